The van der Waals surface area contributed by atoms with Gasteiger partial charge in [-0.05, 0) is 0 Å². The number of rotatable bonds is 0. The van der Waals surface area contributed by atoms with Crippen molar-refractivity contribution < 1.29 is 57.6 Å². The summed E-state index contributed by atoms with van der Waals surface area (Å²) in [4.78, 5) is 21.6. The third-order valence-electron chi connectivity index (χ3n) is 0. The van der Waals surface area contributed by atoms with E-state index < -0.39 is 7.82 Å². The zero-order valence-electron chi connectivity index (χ0n) is 5.70. The van der Waals surface area contributed by atoms with Gasteiger partial charge in [0, 0.05) is 0 Å². The summed E-state index contributed by atoms with van der Waals surface area (Å²) in [6.45, 7) is 0. The van der Waals surface area contributed by atoms with Gasteiger partial charge in [-0.1, -0.05) is 0 Å². The first-order valence-electron chi connectivity index (χ1n) is 0.783. The molecule has 0 aromatic rings. The van der Waals surface area contributed by atoms with E-state index in [9.17, 15) is 0 Å². The molecular weight excluding hydrogens is 230 g/mol. The van der Waals surface area contributed by atoms with Crippen molar-refractivity contribution >= 4 is 37.4 Å². The van der Waals surface area contributed by atoms with Crippen LogP contribution in [-0.4, -0.2) is 82.6 Å². The molecular formula is H18NaO11P. The van der Waals surface area contributed by atoms with E-state index >= 15 is 0 Å². The van der Waals surface area contributed by atoms with E-state index in [1.54, 1.807) is 0 Å². The Kier molecular flexibility index (Phi) is 289. The Labute approximate surface area is 95.1 Å². The Bertz CT molecular complexity index is 56.2. The van der Waals surface area contributed by atoms with Crippen molar-refractivity contribution in [3.63, 3.8) is 0 Å². The van der Waals surface area contributed by atoms with Gasteiger partial charge in [0.1, 0.15) is 0 Å². The van der Waals surface area contributed by atoms with E-state index in [-0.39, 0.29) is 67.9 Å². The van der Waals surface area contributed by atoms with Gasteiger partial charge >= 0.3 is 37.4 Å². The molecule has 0 aromatic heterocycles. The summed E-state index contributed by atoms with van der Waals surface area (Å²) >= 11 is 0. The molecule has 90 valence electrons. The molecule has 0 rings (SSSR count). The van der Waals surface area contributed by atoms with Crippen LogP contribution in [0.3, 0.4) is 0 Å². The van der Waals surface area contributed by atoms with Crippen LogP contribution >= 0.6 is 7.82 Å². The molecule has 0 aromatic carbocycles. The van der Waals surface area contributed by atoms with E-state index in [0.717, 1.165) is 0 Å². The Morgan fingerprint density at radius 1 is 0.615 bits per heavy atom. The van der Waals surface area contributed by atoms with Crippen molar-refractivity contribution in [3.05, 3.63) is 0 Å². The Hall–Kier alpha value is 0.830. The van der Waals surface area contributed by atoms with E-state index in [1.165, 1.54) is 0 Å². The number of hydrogen-bond acceptors (Lipinski definition) is 1. The predicted octanol–water partition coefficient (Wildman–Crippen LogP) is -7.35. The van der Waals surface area contributed by atoms with Gasteiger partial charge in [0.05, 0.1) is 0 Å². The average molecular weight is 248 g/mol. The summed E-state index contributed by atoms with van der Waals surface area (Å²) in [6, 6.07) is 0. The quantitative estimate of drug-likeness (QED) is 0.277. The van der Waals surface area contributed by atoms with Gasteiger partial charge in [0.15, 0.2) is 0 Å². The van der Waals surface area contributed by atoms with Crippen molar-refractivity contribution in [1.29, 1.82) is 0 Å². The topological polar surface area (TPSA) is 298 Å². The SMILES string of the molecule is O.O.O.O.O.O.O.O=P(O)(O)O.[NaH]. The summed E-state index contributed by atoms with van der Waals surface area (Å²) in [7, 11) is -4.64. The van der Waals surface area contributed by atoms with Crippen molar-refractivity contribution in [3.8, 4) is 0 Å². The summed E-state index contributed by atoms with van der Waals surface area (Å²) in [5, 5.41) is 0. The molecule has 0 fully saturated rings. The minimum atomic E-state index is -4.64. The molecule has 0 saturated heterocycles. The van der Waals surface area contributed by atoms with E-state index in [0.29, 0.717) is 0 Å². The van der Waals surface area contributed by atoms with Crippen molar-refractivity contribution in [2.45, 2.75) is 0 Å². The first kappa shape index (κ1) is 97.6. The maximum absolute atomic E-state index is 8.88. The summed E-state index contributed by atoms with van der Waals surface area (Å²) < 4.78 is 8.88. The van der Waals surface area contributed by atoms with E-state index in [4.69, 9.17) is 19.2 Å². The second-order valence-corrected chi connectivity index (χ2v) is 1.54. The molecule has 0 heterocycles. The molecule has 0 unspecified atom stereocenters. The summed E-state index contributed by atoms with van der Waals surface area (Å²) in [5.41, 5.74) is 0. The second kappa shape index (κ2) is 38.5. The third kappa shape index (κ3) is 2180. The summed E-state index contributed by atoms with van der Waals surface area (Å²) in [5.74, 6) is 0. The monoisotopic (exact) mass is 248 g/mol. The first-order chi connectivity index (χ1) is 2.00. The summed E-state index contributed by atoms with van der Waals surface area (Å²) in [6.07, 6.45) is 0. The van der Waals surface area contributed by atoms with Crippen LogP contribution in [-0.2, 0) is 4.57 Å². The molecule has 13 heteroatoms. The molecule has 0 aliphatic heterocycles. The minimum absolute atomic E-state index is 0. The Morgan fingerprint density at radius 2 is 0.615 bits per heavy atom. The molecule has 0 aliphatic carbocycles. The zero-order valence-corrected chi connectivity index (χ0v) is 6.59. The zero-order chi connectivity index (χ0) is 4.50. The normalized spacial score (nSPS) is 4.54. The molecule has 0 amide bonds. The molecule has 0 spiro atoms. The van der Waals surface area contributed by atoms with Crippen molar-refractivity contribution in [2.24, 2.45) is 0 Å². The van der Waals surface area contributed by atoms with Gasteiger partial charge in [-0.2, -0.15) is 0 Å². The van der Waals surface area contributed by atoms with Crippen LogP contribution in [0.5, 0.6) is 0 Å². The van der Waals surface area contributed by atoms with Gasteiger partial charge < -0.3 is 53.0 Å². The third-order valence-corrected chi connectivity index (χ3v) is 0. The number of hydrogen-bond donors (Lipinski definition) is 3. The first-order valence-corrected chi connectivity index (χ1v) is 2.35. The van der Waals surface area contributed by atoms with E-state index in [1.807, 2.05) is 0 Å². The van der Waals surface area contributed by atoms with Gasteiger partial charge in [0.2, 0.25) is 0 Å². The van der Waals surface area contributed by atoms with Crippen LogP contribution < -0.4 is 0 Å². The molecule has 11 nitrogen and oxygen atoms in total. The number of phosphoric acid groups is 1. The van der Waals surface area contributed by atoms with Crippen LogP contribution in [0.15, 0.2) is 0 Å². The average Bonchev–Trinajstić information content (AvgIpc) is 0.722. The molecule has 0 bridgehead atoms. The van der Waals surface area contributed by atoms with Crippen molar-refractivity contribution in [1.82, 2.24) is 0 Å². The predicted molar refractivity (Wildman–Crippen MR) is 46.7 cm³/mol. The Morgan fingerprint density at radius 3 is 0.615 bits per heavy atom. The standard InChI is InChI=1S/Na.H3O4P.7H2O.H/c;1-5(2,3)4;;;;;;;;/h;(H3,1,2,3,4);7*1H2;. The molecule has 0 saturated carbocycles. The van der Waals surface area contributed by atoms with Gasteiger partial charge in [0.25, 0.3) is 0 Å². The van der Waals surface area contributed by atoms with E-state index in [2.05, 4.69) is 0 Å². The van der Waals surface area contributed by atoms with Crippen LogP contribution in [0.2, 0.25) is 0 Å². The van der Waals surface area contributed by atoms with Gasteiger partial charge in [-0.3, -0.25) is 0 Å². The molecule has 0 atom stereocenters. The van der Waals surface area contributed by atoms with Crippen LogP contribution in [0.1, 0.15) is 0 Å². The van der Waals surface area contributed by atoms with Gasteiger partial charge in [-0.15, -0.1) is 0 Å². The van der Waals surface area contributed by atoms with Crippen molar-refractivity contribution in [2.75, 3.05) is 0 Å². The van der Waals surface area contributed by atoms with Crippen LogP contribution in [0.4, 0.5) is 0 Å². The maximum atomic E-state index is 8.88. The second-order valence-electron chi connectivity index (χ2n) is 0.513. The van der Waals surface area contributed by atoms with Crippen LogP contribution in [0.25, 0.3) is 0 Å². The molecule has 0 aliphatic rings. The fourth-order valence-electron chi connectivity index (χ4n) is 0. The molecule has 17 N–H and O–H groups in total. The fraction of sp³-hybridized carbons (Fsp3) is 0. The Balaban J connectivity index is -0.00000000286. The fourth-order valence-corrected chi connectivity index (χ4v) is 0. The van der Waals surface area contributed by atoms with Gasteiger partial charge in [-0.25, -0.2) is 4.57 Å². The molecule has 13 heavy (non-hydrogen) atoms. The molecule has 0 radical (unpaired) electrons. The van der Waals surface area contributed by atoms with Crippen LogP contribution in [0, 0.1) is 0 Å².